The van der Waals surface area contributed by atoms with Crippen LogP contribution >= 0.6 is 0 Å². The Morgan fingerprint density at radius 2 is 1.83 bits per heavy atom. The van der Waals surface area contributed by atoms with E-state index in [1.807, 2.05) is 36.6 Å². The number of aryl methyl sites for hydroxylation is 4. The summed E-state index contributed by atoms with van der Waals surface area (Å²) in [5.41, 5.74) is 7.77. The van der Waals surface area contributed by atoms with Gasteiger partial charge in [-0.1, -0.05) is 18.2 Å². The lowest BCUT2D eigenvalue weighted by atomic mass is 10.0. The summed E-state index contributed by atoms with van der Waals surface area (Å²) in [5.74, 6) is -0.884. The molecule has 0 aliphatic carbocycles. The summed E-state index contributed by atoms with van der Waals surface area (Å²) in [4.78, 5) is 28.2. The van der Waals surface area contributed by atoms with E-state index in [1.54, 1.807) is 6.92 Å². The van der Waals surface area contributed by atoms with Crippen molar-refractivity contribution in [3.05, 3.63) is 58.5 Å². The third kappa shape index (κ3) is 4.45. The van der Waals surface area contributed by atoms with Crippen molar-refractivity contribution in [2.24, 2.45) is 0 Å². The number of imidazole rings is 1. The Kier molecular flexibility index (Phi) is 6.10. The number of esters is 1. The predicted molar refractivity (Wildman–Crippen MR) is 118 cm³/mol. The van der Waals surface area contributed by atoms with Crippen molar-refractivity contribution < 1.29 is 14.3 Å². The number of ether oxygens (including phenoxy) is 1. The molecule has 0 spiro atoms. The molecule has 7 nitrogen and oxygen atoms in total. The summed E-state index contributed by atoms with van der Waals surface area (Å²) in [6.07, 6.45) is 0.947. The molecular formula is C23H28N4O3. The summed E-state index contributed by atoms with van der Waals surface area (Å²) >= 11 is 0. The zero-order valence-corrected chi connectivity index (χ0v) is 18.3. The van der Waals surface area contributed by atoms with Gasteiger partial charge in [-0.05, 0) is 57.4 Å². The smallest absolute Gasteiger partial charge is 0.303 e. The van der Waals surface area contributed by atoms with Crippen LogP contribution in [0.1, 0.15) is 41.9 Å². The van der Waals surface area contributed by atoms with Crippen molar-refractivity contribution in [2.75, 3.05) is 10.6 Å². The molecule has 0 saturated carbocycles. The topological polar surface area (TPSA) is 84.7 Å². The van der Waals surface area contributed by atoms with Crippen molar-refractivity contribution in [1.29, 1.82) is 0 Å². The fraction of sp³-hybridized carbons (Fsp3) is 0.348. The summed E-state index contributed by atoms with van der Waals surface area (Å²) in [6.45, 7) is 11.6. The van der Waals surface area contributed by atoms with Crippen molar-refractivity contribution in [1.82, 2.24) is 9.38 Å². The molecule has 1 amide bonds. The van der Waals surface area contributed by atoms with Gasteiger partial charge in [-0.2, -0.15) is 0 Å². The molecule has 3 rings (SSSR count). The molecule has 3 aromatic rings. The average molecular weight is 409 g/mol. The summed E-state index contributed by atoms with van der Waals surface area (Å²) < 4.78 is 6.93. The van der Waals surface area contributed by atoms with Gasteiger partial charge in [0, 0.05) is 25.4 Å². The number of nitrogens with zero attached hydrogens (tertiary/aromatic N) is 2. The van der Waals surface area contributed by atoms with E-state index in [1.165, 1.54) is 23.6 Å². The molecule has 158 valence electrons. The second kappa shape index (κ2) is 8.57. The van der Waals surface area contributed by atoms with E-state index in [0.29, 0.717) is 12.2 Å². The normalized spacial score (nSPS) is 11.9. The minimum atomic E-state index is -0.880. The number of amides is 1. The minimum absolute atomic E-state index is 0.389. The number of hydrogen-bond acceptors (Lipinski definition) is 5. The van der Waals surface area contributed by atoms with E-state index >= 15 is 0 Å². The summed E-state index contributed by atoms with van der Waals surface area (Å²) in [7, 11) is 0. The van der Waals surface area contributed by atoms with Crippen molar-refractivity contribution in [3.63, 3.8) is 0 Å². The second-order valence-electron chi connectivity index (χ2n) is 7.58. The Balaban J connectivity index is 1.93. The van der Waals surface area contributed by atoms with Crippen LogP contribution in [0.2, 0.25) is 0 Å². The van der Waals surface area contributed by atoms with E-state index in [2.05, 4.69) is 41.6 Å². The molecule has 0 radical (unpaired) electrons. The van der Waals surface area contributed by atoms with Crippen molar-refractivity contribution in [2.45, 2.75) is 54.2 Å². The molecular weight excluding hydrogens is 380 g/mol. The molecule has 0 aliphatic heterocycles. The zero-order valence-electron chi connectivity index (χ0n) is 18.3. The van der Waals surface area contributed by atoms with Gasteiger partial charge in [-0.25, -0.2) is 4.98 Å². The molecule has 0 unspecified atom stereocenters. The first-order valence-corrected chi connectivity index (χ1v) is 9.93. The molecule has 2 aromatic heterocycles. The largest absolute Gasteiger partial charge is 0.453 e. The Hall–Kier alpha value is -3.35. The van der Waals surface area contributed by atoms with Crippen LogP contribution in [0, 0.1) is 27.7 Å². The van der Waals surface area contributed by atoms with Crippen LogP contribution in [-0.2, 0) is 20.9 Å². The lowest BCUT2D eigenvalue weighted by molar-refractivity contribution is -0.150. The van der Waals surface area contributed by atoms with Gasteiger partial charge in [0.15, 0.2) is 11.8 Å². The van der Waals surface area contributed by atoms with Gasteiger partial charge < -0.3 is 19.8 Å². The first-order valence-electron chi connectivity index (χ1n) is 9.93. The van der Waals surface area contributed by atoms with E-state index in [4.69, 9.17) is 4.74 Å². The maximum Gasteiger partial charge on any atom is 0.303 e. The number of hydrogen-bond donors (Lipinski definition) is 2. The fourth-order valence-corrected chi connectivity index (χ4v) is 3.43. The van der Waals surface area contributed by atoms with Gasteiger partial charge >= 0.3 is 5.97 Å². The molecule has 7 heteroatoms. The maximum absolute atomic E-state index is 12.4. The maximum atomic E-state index is 12.4. The van der Waals surface area contributed by atoms with Gasteiger partial charge in [0.1, 0.15) is 0 Å². The van der Waals surface area contributed by atoms with Crippen LogP contribution < -0.4 is 10.6 Å². The minimum Gasteiger partial charge on any atom is -0.453 e. The van der Waals surface area contributed by atoms with Gasteiger partial charge in [0.25, 0.3) is 5.91 Å². The van der Waals surface area contributed by atoms with Crippen LogP contribution in [0.4, 0.5) is 11.4 Å². The Morgan fingerprint density at radius 1 is 1.17 bits per heavy atom. The molecule has 2 heterocycles. The van der Waals surface area contributed by atoms with E-state index in [0.717, 1.165) is 22.7 Å². The standard InChI is InChI=1S/C23H28N4O3/c1-13-8-7-9-14(2)20(13)11-24-21-10-19(26-23(29)17(5)30-18(6)28)12-27-16(4)15(3)25-22(21)27/h7-10,12,17,24H,11H2,1-6H3,(H,26,29)/t17-/m0/s1. The highest BCUT2D eigenvalue weighted by Gasteiger charge is 2.18. The number of rotatable bonds is 6. The first-order chi connectivity index (χ1) is 14.2. The van der Waals surface area contributed by atoms with Crippen LogP contribution in [0.25, 0.3) is 5.65 Å². The third-order valence-electron chi connectivity index (χ3n) is 5.28. The number of fused-ring (bicyclic) bond motifs is 1. The van der Waals surface area contributed by atoms with Crippen molar-refractivity contribution >= 4 is 28.9 Å². The van der Waals surface area contributed by atoms with Gasteiger partial charge in [0.05, 0.1) is 17.1 Å². The van der Waals surface area contributed by atoms with Crippen molar-refractivity contribution in [3.8, 4) is 0 Å². The van der Waals surface area contributed by atoms with E-state index in [-0.39, 0.29) is 5.91 Å². The molecule has 0 bridgehead atoms. The number of carbonyl (C=O) groups excluding carboxylic acids is 2. The summed E-state index contributed by atoms with van der Waals surface area (Å²) in [6, 6.07) is 8.09. The van der Waals surface area contributed by atoms with Crippen LogP contribution in [0.15, 0.2) is 30.5 Å². The monoisotopic (exact) mass is 408 g/mol. The second-order valence-corrected chi connectivity index (χ2v) is 7.58. The molecule has 0 aliphatic rings. The highest BCUT2D eigenvalue weighted by atomic mass is 16.5. The molecule has 30 heavy (non-hydrogen) atoms. The van der Waals surface area contributed by atoms with Gasteiger partial charge in [0.2, 0.25) is 0 Å². The van der Waals surface area contributed by atoms with Gasteiger partial charge in [-0.15, -0.1) is 0 Å². The number of carbonyl (C=O) groups is 2. The molecule has 2 N–H and O–H groups in total. The highest BCUT2D eigenvalue weighted by Crippen LogP contribution is 2.26. The van der Waals surface area contributed by atoms with Crippen LogP contribution in [-0.4, -0.2) is 27.4 Å². The lowest BCUT2D eigenvalue weighted by Gasteiger charge is -2.16. The number of nitrogens with one attached hydrogen (secondary N) is 2. The third-order valence-corrected chi connectivity index (χ3v) is 5.28. The van der Waals surface area contributed by atoms with E-state index in [9.17, 15) is 9.59 Å². The fourth-order valence-electron chi connectivity index (χ4n) is 3.43. The number of benzene rings is 1. The first kappa shape index (κ1) is 21.4. The molecule has 1 atom stereocenters. The predicted octanol–water partition coefficient (Wildman–Crippen LogP) is 4.07. The number of aromatic nitrogens is 2. The Labute approximate surface area is 176 Å². The Morgan fingerprint density at radius 3 is 2.47 bits per heavy atom. The molecule has 1 aromatic carbocycles. The average Bonchev–Trinajstić information content (AvgIpc) is 2.95. The Bertz CT molecular complexity index is 1100. The highest BCUT2D eigenvalue weighted by molar-refractivity contribution is 5.95. The van der Waals surface area contributed by atoms with E-state index < -0.39 is 12.1 Å². The molecule has 0 fully saturated rings. The zero-order chi connectivity index (χ0) is 22.0. The molecule has 0 saturated heterocycles. The quantitative estimate of drug-likeness (QED) is 0.601. The SMILES string of the molecule is CC(=O)O[C@@H](C)C(=O)Nc1cc(NCc2c(C)cccc2C)c2nc(C)c(C)n2c1. The number of anilines is 2. The summed E-state index contributed by atoms with van der Waals surface area (Å²) in [5, 5.41) is 6.31. The number of pyridine rings is 1. The van der Waals surface area contributed by atoms with Crippen LogP contribution in [0.5, 0.6) is 0 Å². The lowest BCUT2D eigenvalue weighted by Crippen LogP contribution is -2.29. The van der Waals surface area contributed by atoms with Crippen LogP contribution in [0.3, 0.4) is 0 Å². The van der Waals surface area contributed by atoms with Gasteiger partial charge in [-0.3, -0.25) is 9.59 Å².